The van der Waals surface area contributed by atoms with Gasteiger partial charge in [0.05, 0.1) is 18.4 Å². The first-order valence-electron chi connectivity index (χ1n) is 9.99. The summed E-state index contributed by atoms with van der Waals surface area (Å²) in [6, 6.07) is 9.62. The molecule has 0 fully saturated rings. The lowest BCUT2D eigenvalue weighted by atomic mass is 10.2. The fraction of sp³-hybridized carbons (Fsp3) is 0.273. The lowest BCUT2D eigenvalue weighted by Gasteiger charge is -2.10. The van der Waals surface area contributed by atoms with E-state index in [-0.39, 0.29) is 0 Å². The van der Waals surface area contributed by atoms with Gasteiger partial charge < -0.3 is 9.30 Å². The fourth-order valence-electron chi connectivity index (χ4n) is 3.23. The van der Waals surface area contributed by atoms with Crippen molar-refractivity contribution in [3.8, 4) is 5.69 Å². The molecule has 0 unspecified atom stereocenters. The van der Waals surface area contributed by atoms with Gasteiger partial charge in [-0.25, -0.2) is 10.2 Å². The van der Waals surface area contributed by atoms with Crippen LogP contribution in [0.1, 0.15) is 39.9 Å². The third-order valence-electron chi connectivity index (χ3n) is 4.74. The molecule has 0 saturated heterocycles. The smallest absolute Gasteiger partial charge is 0.435 e. The van der Waals surface area contributed by atoms with Crippen molar-refractivity contribution in [2.45, 2.75) is 33.5 Å². The van der Waals surface area contributed by atoms with Crippen LogP contribution in [0.4, 0.5) is 13.2 Å². The number of ether oxygens (including phenoxy) is 1. The van der Waals surface area contributed by atoms with Crippen molar-refractivity contribution in [1.29, 1.82) is 0 Å². The molecular formula is C22H22F3N5O3. The van der Waals surface area contributed by atoms with Crippen LogP contribution < -0.4 is 5.43 Å². The first kappa shape index (κ1) is 23.8. The van der Waals surface area contributed by atoms with Crippen molar-refractivity contribution in [2.75, 3.05) is 6.61 Å². The Morgan fingerprint density at radius 1 is 1.18 bits per heavy atom. The molecule has 0 aliphatic rings. The molecule has 174 valence electrons. The molecule has 0 saturated carbocycles. The molecule has 0 bridgehead atoms. The summed E-state index contributed by atoms with van der Waals surface area (Å²) in [5, 5.41) is 7.22. The standard InChI is InChI=1S/C22H22F3N5O3/c1-4-33-21(32)16-5-7-18(8-6-16)30-14(2)11-17(15(30)3)12-26-27-20(31)13-29-10-9-19(28-29)22(23,24)25/h5-12H,4,13H2,1-3H3,(H,27,31)/b26-12-. The van der Waals surface area contributed by atoms with E-state index in [2.05, 4.69) is 15.6 Å². The lowest BCUT2D eigenvalue weighted by molar-refractivity contribution is -0.141. The van der Waals surface area contributed by atoms with E-state index in [0.29, 0.717) is 12.2 Å². The van der Waals surface area contributed by atoms with E-state index in [1.165, 1.54) is 6.21 Å². The van der Waals surface area contributed by atoms with Crippen molar-refractivity contribution in [1.82, 2.24) is 19.8 Å². The molecule has 3 aromatic rings. The second-order valence-corrected chi connectivity index (χ2v) is 7.12. The maximum absolute atomic E-state index is 12.6. The number of hydrogen-bond donors (Lipinski definition) is 1. The van der Waals surface area contributed by atoms with Crippen molar-refractivity contribution in [3.05, 3.63) is 70.8 Å². The van der Waals surface area contributed by atoms with Gasteiger partial charge in [0.1, 0.15) is 6.54 Å². The Morgan fingerprint density at radius 2 is 1.88 bits per heavy atom. The molecule has 0 radical (unpaired) electrons. The van der Waals surface area contributed by atoms with Crippen LogP contribution in [0, 0.1) is 13.8 Å². The van der Waals surface area contributed by atoms with E-state index in [1.807, 2.05) is 24.5 Å². The van der Waals surface area contributed by atoms with E-state index < -0.39 is 30.3 Å². The molecule has 3 rings (SSSR count). The SMILES string of the molecule is CCOC(=O)c1ccc(-n2c(C)cc(/C=N\NC(=O)Cn3ccc(C(F)(F)F)n3)c2C)cc1. The van der Waals surface area contributed by atoms with E-state index >= 15 is 0 Å². The number of carbonyl (C=O) groups is 2. The van der Waals surface area contributed by atoms with Crippen LogP contribution in [0.25, 0.3) is 5.69 Å². The van der Waals surface area contributed by atoms with Crippen LogP contribution in [0.2, 0.25) is 0 Å². The average molecular weight is 461 g/mol. The monoisotopic (exact) mass is 461 g/mol. The number of nitrogens with zero attached hydrogens (tertiary/aromatic N) is 4. The summed E-state index contributed by atoms with van der Waals surface area (Å²) in [7, 11) is 0. The van der Waals surface area contributed by atoms with Gasteiger partial charge in [-0.1, -0.05) is 0 Å². The van der Waals surface area contributed by atoms with Crippen molar-refractivity contribution < 1.29 is 27.5 Å². The average Bonchev–Trinajstić information content (AvgIpc) is 3.33. The molecule has 11 heteroatoms. The molecular weight excluding hydrogens is 439 g/mol. The van der Waals surface area contributed by atoms with Gasteiger partial charge in [-0.15, -0.1) is 0 Å². The summed E-state index contributed by atoms with van der Waals surface area (Å²) >= 11 is 0. The van der Waals surface area contributed by atoms with Crippen LogP contribution in [-0.4, -0.2) is 39.0 Å². The van der Waals surface area contributed by atoms with Gasteiger partial charge >= 0.3 is 12.1 Å². The normalized spacial score (nSPS) is 11.7. The molecule has 0 aliphatic carbocycles. The van der Waals surface area contributed by atoms with E-state index in [4.69, 9.17) is 4.74 Å². The number of alkyl halides is 3. The Labute approximate surface area is 187 Å². The van der Waals surface area contributed by atoms with Crippen LogP contribution in [0.15, 0.2) is 47.7 Å². The number of amides is 1. The highest BCUT2D eigenvalue weighted by atomic mass is 19.4. The summed E-state index contributed by atoms with van der Waals surface area (Å²) in [5.41, 5.74) is 4.98. The molecule has 1 amide bonds. The molecule has 1 aromatic carbocycles. The highest BCUT2D eigenvalue weighted by Crippen LogP contribution is 2.27. The highest BCUT2D eigenvalue weighted by Gasteiger charge is 2.33. The predicted molar refractivity (Wildman–Crippen MR) is 114 cm³/mol. The largest absolute Gasteiger partial charge is 0.462 e. The maximum Gasteiger partial charge on any atom is 0.435 e. The Balaban J connectivity index is 1.66. The highest BCUT2D eigenvalue weighted by molar-refractivity contribution is 5.89. The van der Waals surface area contributed by atoms with Gasteiger partial charge in [0.25, 0.3) is 5.91 Å². The van der Waals surface area contributed by atoms with Crippen molar-refractivity contribution in [3.63, 3.8) is 0 Å². The molecule has 2 aromatic heterocycles. The van der Waals surface area contributed by atoms with Gasteiger partial charge in [-0.3, -0.25) is 9.48 Å². The zero-order chi connectivity index (χ0) is 24.2. The third kappa shape index (κ3) is 5.68. The zero-order valence-electron chi connectivity index (χ0n) is 18.2. The van der Waals surface area contributed by atoms with Gasteiger partial charge in [0.15, 0.2) is 5.69 Å². The molecule has 33 heavy (non-hydrogen) atoms. The molecule has 1 N–H and O–H groups in total. The summed E-state index contributed by atoms with van der Waals surface area (Å²) < 4.78 is 45.6. The van der Waals surface area contributed by atoms with Gasteiger partial charge in [0.2, 0.25) is 0 Å². The molecule has 2 heterocycles. The zero-order valence-corrected chi connectivity index (χ0v) is 18.2. The first-order chi connectivity index (χ1) is 15.6. The quantitative estimate of drug-likeness (QED) is 0.331. The van der Waals surface area contributed by atoms with Gasteiger partial charge in [-0.2, -0.15) is 23.4 Å². The number of halogens is 3. The van der Waals surface area contributed by atoms with Crippen LogP contribution in [0.5, 0.6) is 0 Å². The fourth-order valence-corrected chi connectivity index (χ4v) is 3.23. The summed E-state index contributed by atoms with van der Waals surface area (Å²) in [4.78, 5) is 23.8. The maximum atomic E-state index is 12.6. The Kier molecular flexibility index (Phi) is 7.00. The summed E-state index contributed by atoms with van der Waals surface area (Å²) in [5.74, 6) is -1.01. The molecule has 8 nitrogen and oxygen atoms in total. The summed E-state index contributed by atoms with van der Waals surface area (Å²) in [6.07, 6.45) is -2.04. The van der Waals surface area contributed by atoms with Crippen molar-refractivity contribution >= 4 is 18.1 Å². The minimum absolute atomic E-state index is 0.298. The minimum atomic E-state index is -4.57. The number of aromatic nitrogens is 3. The van der Waals surface area contributed by atoms with Gasteiger partial charge in [0, 0.05) is 28.8 Å². The number of benzene rings is 1. The molecule has 0 aliphatic heterocycles. The van der Waals surface area contributed by atoms with Crippen LogP contribution in [-0.2, 0) is 22.3 Å². The van der Waals surface area contributed by atoms with Crippen molar-refractivity contribution in [2.24, 2.45) is 5.10 Å². The molecule has 0 atom stereocenters. The van der Waals surface area contributed by atoms with E-state index in [1.54, 1.807) is 31.2 Å². The van der Waals surface area contributed by atoms with E-state index in [9.17, 15) is 22.8 Å². The van der Waals surface area contributed by atoms with E-state index in [0.717, 1.165) is 39.6 Å². The number of esters is 1. The van der Waals surface area contributed by atoms with Crippen LogP contribution >= 0.6 is 0 Å². The lowest BCUT2D eigenvalue weighted by Crippen LogP contribution is -2.23. The van der Waals surface area contributed by atoms with Crippen LogP contribution in [0.3, 0.4) is 0 Å². The predicted octanol–water partition coefficient (Wildman–Crippen LogP) is 3.64. The minimum Gasteiger partial charge on any atom is -0.462 e. The Morgan fingerprint density at radius 3 is 2.48 bits per heavy atom. The second kappa shape index (κ2) is 9.72. The number of hydrogen-bond acceptors (Lipinski definition) is 5. The molecule has 0 spiro atoms. The Bertz CT molecular complexity index is 1180. The number of nitrogens with one attached hydrogen (secondary N) is 1. The first-order valence-corrected chi connectivity index (χ1v) is 9.99. The number of hydrazone groups is 1. The second-order valence-electron chi connectivity index (χ2n) is 7.12. The number of aryl methyl sites for hydroxylation is 1. The number of carbonyl (C=O) groups excluding carboxylic acids is 2. The summed E-state index contributed by atoms with van der Waals surface area (Å²) in [6.45, 7) is 5.41. The Hall–Kier alpha value is -3.89. The third-order valence-corrected chi connectivity index (χ3v) is 4.74. The van der Waals surface area contributed by atoms with Gasteiger partial charge in [-0.05, 0) is 57.2 Å². The topological polar surface area (TPSA) is 90.5 Å². The number of rotatable bonds is 7.